The van der Waals surface area contributed by atoms with Crippen LogP contribution in [0.5, 0.6) is 0 Å². The molecule has 7 heteroatoms. The number of nitrogens with one attached hydrogen (secondary N) is 2. The molecule has 2 aliphatic rings. The van der Waals surface area contributed by atoms with Gasteiger partial charge in [0.25, 0.3) is 5.91 Å². The van der Waals surface area contributed by atoms with Gasteiger partial charge in [-0.25, -0.2) is 0 Å². The third kappa shape index (κ3) is 6.19. The largest absolute Gasteiger partial charge is 0.372 e. The van der Waals surface area contributed by atoms with Crippen LogP contribution in [0.4, 0.5) is 5.69 Å². The van der Waals surface area contributed by atoms with Crippen LogP contribution in [0, 0.1) is 5.92 Å². The molecule has 0 aromatic heterocycles. The molecule has 2 amide bonds. The fourth-order valence-electron chi connectivity index (χ4n) is 3.74. The zero-order valence-corrected chi connectivity index (χ0v) is 16.9. The zero-order chi connectivity index (χ0) is 18.5. The molecule has 2 aliphatic heterocycles. The Balaban J connectivity index is 0.00000261. The van der Waals surface area contributed by atoms with E-state index in [1.807, 2.05) is 18.7 Å². The number of carbonyl (C=O) groups excluding carboxylic acids is 2. The Kier molecular flexibility index (Phi) is 8.07. The maximum Gasteiger partial charge on any atom is 0.254 e. The van der Waals surface area contributed by atoms with Gasteiger partial charge in [0.1, 0.15) is 0 Å². The Labute approximate surface area is 167 Å². The second kappa shape index (κ2) is 10.1. The first-order valence-electron chi connectivity index (χ1n) is 9.56. The normalized spacial score (nSPS) is 25.0. The fraction of sp³-hybridized carbons (Fsp3) is 0.600. The minimum atomic E-state index is 0. The first kappa shape index (κ1) is 21.7. The van der Waals surface area contributed by atoms with Gasteiger partial charge >= 0.3 is 0 Å². The Morgan fingerprint density at radius 2 is 1.85 bits per heavy atom. The van der Waals surface area contributed by atoms with Crippen LogP contribution in [-0.2, 0) is 9.53 Å². The van der Waals surface area contributed by atoms with Crippen LogP contribution >= 0.6 is 12.4 Å². The highest BCUT2D eigenvalue weighted by atomic mass is 35.5. The number of nitrogens with zero attached hydrogens (tertiary/aromatic N) is 1. The molecule has 150 valence electrons. The highest BCUT2D eigenvalue weighted by Gasteiger charge is 2.26. The fourth-order valence-corrected chi connectivity index (χ4v) is 3.74. The second-order valence-corrected chi connectivity index (χ2v) is 7.49. The van der Waals surface area contributed by atoms with Crippen molar-refractivity contribution >= 4 is 29.9 Å². The maximum atomic E-state index is 12.7. The summed E-state index contributed by atoms with van der Waals surface area (Å²) in [5.41, 5.74) is 1.38. The van der Waals surface area contributed by atoms with Crippen LogP contribution in [0.3, 0.4) is 0 Å². The van der Waals surface area contributed by atoms with Gasteiger partial charge < -0.3 is 20.3 Å². The predicted molar refractivity (Wildman–Crippen MR) is 108 cm³/mol. The Bertz CT molecular complexity index is 622. The number of ether oxygens (including phenoxy) is 1. The molecule has 2 saturated heterocycles. The summed E-state index contributed by atoms with van der Waals surface area (Å²) in [4.78, 5) is 26.6. The summed E-state index contributed by atoms with van der Waals surface area (Å²) in [6.45, 7) is 7.26. The standard InChI is InChI=1S/C20H29N3O3.ClH/c1-14-12-23(13-15(2)26-14)20(25)17-4-6-18(7-5-17)22-19(24)8-3-16-9-10-21-11-16;/h4-7,14-16,21H,3,8-13H2,1-2H3,(H,22,24);1H. The first-order valence-corrected chi connectivity index (χ1v) is 9.56. The summed E-state index contributed by atoms with van der Waals surface area (Å²) < 4.78 is 5.68. The molecule has 1 aromatic rings. The van der Waals surface area contributed by atoms with E-state index in [1.54, 1.807) is 24.3 Å². The van der Waals surface area contributed by atoms with Crippen LogP contribution in [0.15, 0.2) is 24.3 Å². The summed E-state index contributed by atoms with van der Waals surface area (Å²) in [5.74, 6) is 0.657. The van der Waals surface area contributed by atoms with E-state index in [0.717, 1.165) is 31.6 Å². The number of benzene rings is 1. The summed E-state index contributed by atoms with van der Waals surface area (Å²) in [6, 6.07) is 7.17. The number of amides is 2. The van der Waals surface area contributed by atoms with E-state index in [-0.39, 0.29) is 36.4 Å². The van der Waals surface area contributed by atoms with E-state index < -0.39 is 0 Å². The molecule has 0 saturated carbocycles. The molecule has 0 radical (unpaired) electrons. The third-order valence-electron chi connectivity index (χ3n) is 5.06. The van der Waals surface area contributed by atoms with Crippen molar-refractivity contribution in [1.29, 1.82) is 0 Å². The number of carbonyl (C=O) groups is 2. The highest BCUT2D eigenvalue weighted by Crippen LogP contribution is 2.18. The van der Waals surface area contributed by atoms with E-state index in [4.69, 9.17) is 4.74 Å². The highest BCUT2D eigenvalue weighted by molar-refractivity contribution is 5.96. The lowest BCUT2D eigenvalue weighted by atomic mass is 10.0. The number of halogens is 1. The van der Waals surface area contributed by atoms with E-state index in [2.05, 4.69) is 10.6 Å². The summed E-state index contributed by atoms with van der Waals surface area (Å²) in [6.07, 6.45) is 2.72. The lowest BCUT2D eigenvalue weighted by Gasteiger charge is -2.35. The first-order chi connectivity index (χ1) is 12.5. The van der Waals surface area contributed by atoms with Gasteiger partial charge in [0, 0.05) is 30.8 Å². The molecule has 0 aliphatic carbocycles. The van der Waals surface area contributed by atoms with Crippen LogP contribution in [0.1, 0.15) is 43.5 Å². The zero-order valence-electron chi connectivity index (χ0n) is 16.1. The van der Waals surface area contributed by atoms with Crippen molar-refractivity contribution in [2.45, 2.75) is 45.3 Å². The van der Waals surface area contributed by atoms with Crippen LogP contribution in [0.2, 0.25) is 0 Å². The Morgan fingerprint density at radius 3 is 2.44 bits per heavy atom. The average Bonchev–Trinajstić information content (AvgIpc) is 3.13. The number of hydrogen-bond acceptors (Lipinski definition) is 4. The van der Waals surface area contributed by atoms with Crippen LogP contribution < -0.4 is 10.6 Å². The minimum absolute atomic E-state index is 0. The molecular weight excluding hydrogens is 366 g/mol. The summed E-state index contributed by atoms with van der Waals surface area (Å²) >= 11 is 0. The molecule has 0 bridgehead atoms. The number of rotatable bonds is 5. The molecule has 2 N–H and O–H groups in total. The van der Waals surface area contributed by atoms with Crippen molar-refractivity contribution in [3.63, 3.8) is 0 Å². The average molecular weight is 396 g/mol. The molecule has 2 fully saturated rings. The van der Waals surface area contributed by atoms with Crippen molar-refractivity contribution in [3.05, 3.63) is 29.8 Å². The predicted octanol–water partition coefficient (Wildman–Crippen LogP) is 2.69. The number of morpholine rings is 1. The summed E-state index contributed by atoms with van der Waals surface area (Å²) in [7, 11) is 0. The van der Waals surface area contributed by atoms with Crippen molar-refractivity contribution in [2.24, 2.45) is 5.92 Å². The van der Waals surface area contributed by atoms with E-state index in [1.165, 1.54) is 0 Å². The van der Waals surface area contributed by atoms with E-state index >= 15 is 0 Å². The smallest absolute Gasteiger partial charge is 0.254 e. The lowest BCUT2D eigenvalue weighted by molar-refractivity contribution is -0.116. The molecule has 6 nitrogen and oxygen atoms in total. The second-order valence-electron chi connectivity index (χ2n) is 7.49. The maximum absolute atomic E-state index is 12.7. The van der Waals surface area contributed by atoms with Gasteiger partial charge in [0.05, 0.1) is 12.2 Å². The topological polar surface area (TPSA) is 70.7 Å². The van der Waals surface area contributed by atoms with Gasteiger partial charge in [-0.15, -0.1) is 12.4 Å². The van der Waals surface area contributed by atoms with Crippen molar-refractivity contribution in [1.82, 2.24) is 10.2 Å². The van der Waals surface area contributed by atoms with Gasteiger partial charge in [-0.05, 0) is 70.0 Å². The number of hydrogen-bond donors (Lipinski definition) is 2. The molecule has 3 unspecified atom stereocenters. The molecule has 0 spiro atoms. The van der Waals surface area contributed by atoms with Gasteiger partial charge in [-0.3, -0.25) is 9.59 Å². The summed E-state index contributed by atoms with van der Waals surface area (Å²) in [5, 5.41) is 6.24. The Morgan fingerprint density at radius 1 is 1.19 bits per heavy atom. The molecule has 27 heavy (non-hydrogen) atoms. The van der Waals surface area contributed by atoms with Crippen molar-refractivity contribution < 1.29 is 14.3 Å². The molecule has 3 rings (SSSR count). The van der Waals surface area contributed by atoms with Gasteiger partial charge in [0.2, 0.25) is 5.91 Å². The van der Waals surface area contributed by atoms with Crippen molar-refractivity contribution in [2.75, 3.05) is 31.5 Å². The van der Waals surface area contributed by atoms with Crippen LogP contribution in [-0.4, -0.2) is 55.1 Å². The van der Waals surface area contributed by atoms with Gasteiger partial charge in [0.15, 0.2) is 0 Å². The SMILES string of the molecule is CC1CN(C(=O)c2ccc(NC(=O)CCC3CCNC3)cc2)CC(C)O1.Cl. The van der Waals surface area contributed by atoms with E-state index in [0.29, 0.717) is 31.0 Å². The quantitative estimate of drug-likeness (QED) is 0.804. The van der Waals surface area contributed by atoms with Gasteiger partial charge in [-0.2, -0.15) is 0 Å². The molecule has 2 heterocycles. The number of anilines is 1. The Hall–Kier alpha value is -1.63. The molecule has 1 aromatic carbocycles. The molecular formula is C20H30ClN3O3. The van der Waals surface area contributed by atoms with Gasteiger partial charge in [-0.1, -0.05) is 0 Å². The van der Waals surface area contributed by atoms with Crippen molar-refractivity contribution in [3.8, 4) is 0 Å². The molecule has 3 atom stereocenters. The van der Waals surface area contributed by atoms with E-state index in [9.17, 15) is 9.59 Å². The third-order valence-corrected chi connectivity index (χ3v) is 5.06. The minimum Gasteiger partial charge on any atom is -0.372 e. The van der Waals surface area contributed by atoms with Crippen LogP contribution in [0.25, 0.3) is 0 Å². The monoisotopic (exact) mass is 395 g/mol. The lowest BCUT2D eigenvalue weighted by Crippen LogP contribution is -2.48.